The summed E-state index contributed by atoms with van der Waals surface area (Å²) in [5.41, 5.74) is 2.41. The van der Waals surface area contributed by atoms with Crippen LogP contribution in [-0.2, 0) is 4.79 Å². The second kappa shape index (κ2) is 5.21. The van der Waals surface area contributed by atoms with Crippen LogP contribution >= 0.6 is 0 Å². The molecule has 0 radical (unpaired) electrons. The fourth-order valence-corrected chi connectivity index (χ4v) is 2.24. The molecule has 0 saturated heterocycles. The smallest absolute Gasteiger partial charge is 0.228 e. The van der Waals surface area contributed by atoms with Gasteiger partial charge in [0.1, 0.15) is 11.5 Å². The maximum atomic E-state index is 11.9. The summed E-state index contributed by atoms with van der Waals surface area (Å²) in [6.45, 7) is 5.96. The maximum Gasteiger partial charge on any atom is 0.228 e. The Kier molecular flexibility index (Phi) is 3.38. The lowest BCUT2D eigenvalue weighted by Gasteiger charge is -2.11. The van der Waals surface area contributed by atoms with Crippen molar-refractivity contribution in [3.63, 3.8) is 0 Å². The Labute approximate surface area is 123 Å². The molecular weight excluding hydrogens is 264 g/mol. The highest BCUT2D eigenvalue weighted by Crippen LogP contribution is 2.30. The molecule has 3 rings (SSSR count). The Morgan fingerprint density at radius 3 is 2.81 bits per heavy atom. The number of nitrogens with zero attached hydrogens (tertiary/aromatic N) is 3. The number of rotatable bonds is 3. The fourth-order valence-electron chi connectivity index (χ4n) is 2.24. The highest BCUT2D eigenvalue weighted by molar-refractivity contribution is 5.93. The lowest BCUT2D eigenvalue weighted by Crippen LogP contribution is -2.15. The van der Waals surface area contributed by atoms with Crippen LogP contribution in [0.2, 0.25) is 0 Å². The van der Waals surface area contributed by atoms with E-state index in [0.29, 0.717) is 17.2 Å². The van der Waals surface area contributed by atoms with Gasteiger partial charge in [0.2, 0.25) is 5.91 Å². The molecule has 1 aliphatic carbocycles. The lowest BCUT2D eigenvalue weighted by molar-refractivity contribution is -0.117. The number of carbonyl (C=O) groups is 1. The van der Waals surface area contributed by atoms with Gasteiger partial charge in [0.05, 0.1) is 5.69 Å². The number of anilines is 1. The van der Waals surface area contributed by atoms with Crippen LogP contribution in [-0.4, -0.2) is 20.5 Å². The van der Waals surface area contributed by atoms with Gasteiger partial charge in [-0.1, -0.05) is 19.8 Å². The molecule has 0 aliphatic heterocycles. The molecule has 0 unspecified atom stereocenters. The average molecular weight is 282 g/mol. The second-order valence-electron chi connectivity index (χ2n) is 5.66. The quantitative estimate of drug-likeness (QED) is 0.880. The van der Waals surface area contributed by atoms with E-state index < -0.39 is 0 Å². The Balaban J connectivity index is 2.04. The molecule has 5 nitrogen and oxygen atoms in total. The first kappa shape index (κ1) is 13.6. The molecule has 1 aliphatic rings. The van der Waals surface area contributed by atoms with E-state index in [9.17, 15) is 4.79 Å². The van der Waals surface area contributed by atoms with Crippen LogP contribution in [0, 0.1) is 17.8 Å². The molecule has 1 amide bonds. The normalized spacial score (nSPS) is 14.1. The van der Waals surface area contributed by atoms with Crippen molar-refractivity contribution in [2.45, 2.75) is 39.5 Å². The Bertz CT molecular complexity index is 760. The van der Waals surface area contributed by atoms with Crippen LogP contribution < -0.4 is 5.32 Å². The first-order valence-electron chi connectivity index (χ1n) is 7.23. The molecule has 0 aromatic carbocycles. The van der Waals surface area contributed by atoms with Crippen LogP contribution in [0.1, 0.15) is 50.9 Å². The van der Waals surface area contributed by atoms with E-state index in [-0.39, 0.29) is 17.7 Å². The van der Waals surface area contributed by atoms with Crippen molar-refractivity contribution in [1.29, 1.82) is 0 Å². The molecule has 0 spiro atoms. The molecule has 1 fully saturated rings. The predicted molar refractivity (Wildman–Crippen MR) is 81.0 cm³/mol. The van der Waals surface area contributed by atoms with Gasteiger partial charge in [-0.25, -0.2) is 9.50 Å². The summed E-state index contributed by atoms with van der Waals surface area (Å²) < 4.78 is 1.80. The highest BCUT2D eigenvalue weighted by Gasteiger charge is 2.30. The average Bonchev–Trinajstić information content (AvgIpc) is 3.19. The molecule has 2 heterocycles. The fraction of sp³-hybridized carbons (Fsp3) is 0.438. The molecular formula is C16H18N4O. The van der Waals surface area contributed by atoms with Crippen molar-refractivity contribution < 1.29 is 4.79 Å². The van der Waals surface area contributed by atoms with E-state index in [1.807, 2.05) is 12.1 Å². The van der Waals surface area contributed by atoms with E-state index in [1.165, 1.54) is 0 Å². The number of aromatic nitrogens is 3. The zero-order valence-electron chi connectivity index (χ0n) is 12.5. The molecule has 0 atom stereocenters. The number of hydrogen-bond acceptors (Lipinski definition) is 3. The lowest BCUT2D eigenvalue weighted by atomic mass is 10.1. The van der Waals surface area contributed by atoms with E-state index in [0.717, 1.165) is 18.5 Å². The topological polar surface area (TPSA) is 59.3 Å². The summed E-state index contributed by atoms with van der Waals surface area (Å²) in [6.07, 6.45) is 1.96. The molecule has 108 valence electrons. The minimum Gasteiger partial charge on any atom is -0.310 e. The Morgan fingerprint density at radius 2 is 2.19 bits per heavy atom. The van der Waals surface area contributed by atoms with Crippen molar-refractivity contribution >= 4 is 17.4 Å². The van der Waals surface area contributed by atoms with Gasteiger partial charge < -0.3 is 5.32 Å². The number of fused-ring (bicyclic) bond motifs is 1. The van der Waals surface area contributed by atoms with Crippen molar-refractivity contribution in [1.82, 2.24) is 14.6 Å². The van der Waals surface area contributed by atoms with Crippen LogP contribution in [0.5, 0.6) is 0 Å². The SMILES string of the molecule is CC#Cc1cc2nc(NC(=O)C3CC3)cc(C(C)C)n2n1. The third kappa shape index (κ3) is 2.75. The maximum absolute atomic E-state index is 11.9. The van der Waals surface area contributed by atoms with Gasteiger partial charge in [-0.3, -0.25) is 4.79 Å². The largest absolute Gasteiger partial charge is 0.310 e. The van der Waals surface area contributed by atoms with E-state index in [4.69, 9.17) is 0 Å². The van der Waals surface area contributed by atoms with Gasteiger partial charge >= 0.3 is 0 Å². The van der Waals surface area contributed by atoms with Gasteiger partial charge in [-0.05, 0) is 31.6 Å². The van der Waals surface area contributed by atoms with E-state index in [2.05, 4.69) is 41.1 Å². The molecule has 2 aromatic rings. The van der Waals surface area contributed by atoms with Gasteiger partial charge in [-0.15, -0.1) is 0 Å². The molecule has 0 bridgehead atoms. The number of amides is 1. The Morgan fingerprint density at radius 1 is 1.43 bits per heavy atom. The summed E-state index contributed by atoms with van der Waals surface area (Å²) in [5, 5.41) is 7.36. The summed E-state index contributed by atoms with van der Waals surface area (Å²) in [7, 11) is 0. The van der Waals surface area contributed by atoms with Gasteiger partial charge in [0.15, 0.2) is 5.65 Å². The minimum absolute atomic E-state index is 0.0645. The standard InChI is InChI=1S/C16H18N4O/c1-4-5-12-8-15-17-14(18-16(21)11-6-7-11)9-13(10(2)3)20(15)19-12/h8-11H,6-7H2,1-3H3,(H,17,18,21). The third-order valence-electron chi connectivity index (χ3n) is 3.50. The van der Waals surface area contributed by atoms with Crippen LogP contribution in [0.4, 0.5) is 5.82 Å². The molecule has 1 saturated carbocycles. The van der Waals surface area contributed by atoms with E-state index >= 15 is 0 Å². The van der Waals surface area contributed by atoms with Crippen LogP contribution in [0.3, 0.4) is 0 Å². The summed E-state index contributed by atoms with van der Waals surface area (Å²) in [5.74, 6) is 6.88. The zero-order chi connectivity index (χ0) is 15.0. The number of hydrogen-bond donors (Lipinski definition) is 1. The van der Waals surface area contributed by atoms with Crippen molar-refractivity contribution in [3.05, 3.63) is 23.5 Å². The van der Waals surface area contributed by atoms with Crippen molar-refractivity contribution in [2.24, 2.45) is 5.92 Å². The summed E-state index contributed by atoms with van der Waals surface area (Å²) in [4.78, 5) is 16.4. The predicted octanol–water partition coefficient (Wildman–Crippen LogP) is 2.57. The van der Waals surface area contributed by atoms with Crippen LogP contribution in [0.15, 0.2) is 12.1 Å². The molecule has 1 N–H and O–H groups in total. The highest BCUT2D eigenvalue weighted by atomic mass is 16.2. The number of carbonyl (C=O) groups excluding carboxylic acids is 1. The zero-order valence-corrected chi connectivity index (χ0v) is 12.5. The van der Waals surface area contributed by atoms with Crippen molar-refractivity contribution in [2.75, 3.05) is 5.32 Å². The second-order valence-corrected chi connectivity index (χ2v) is 5.66. The number of nitrogens with one attached hydrogen (secondary N) is 1. The molecule has 21 heavy (non-hydrogen) atoms. The summed E-state index contributed by atoms with van der Waals surface area (Å²) >= 11 is 0. The van der Waals surface area contributed by atoms with Crippen molar-refractivity contribution in [3.8, 4) is 11.8 Å². The van der Waals surface area contributed by atoms with Gasteiger partial charge in [-0.2, -0.15) is 5.10 Å². The van der Waals surface area contributed by atoms with Gasteiger partial charge in [0.25, 0.3) is 0 Å². The molecule has 5 heteroatoms. The van der Waals surface area contributed by atoms with E-state index in [1.54, 1.807) is 11.4 Å². The van der Waals surface area contributed by atoms with Gasteiger partial charge in [0, 0.05) is 18.1 Å². The monoisotopic (exact) mass is 282 g/mol. The third-order valence-corrected chi connectivity index (χ3v) is 3.50. The minimum atomic E-state index is 0.0645. The summed E-state index contributed by atoms with van der Waals surface area (Å²) in [6, 6.07) is 3.74. The first-order valence-corrected chi connectivity index (χ1v) is 7.23. The molecule has 2 aromatic heterocycles. The Hall–Kier alpha value is -2.35. The van der Waals surface area contributed by atoms with Crippen LogP contribution in [0.25, 0.3) is 5.65 Å². The first-order chi connectivity index (χ1) is 10.1.